The molecule has 2 heteroatoms. The molecule has 3 rings (SSSR count). The van der Waals surface area contributed by atoms with Gasteiger partial charge in [0.1, 0.15) is 5.82 Å². The van der Waals surface area contributed by atoms with Crippen LogP contribution < -0.4 is 5.32 Å². The number of hydrogen-bond acceptors (Lipinski definition) is 1. The van der Waals surface area contributed by atoms with Gasteiger partial charge in [-0.05, 0) is 54.1 Å². The zero-order valence-corrected chi connectivity index (χ0v) is 12.5. The van der Waals surface area contributed by atoms with Gasteiger partial charge in [-0.1, -0.05) is 49.7 Å². The summed E-state index contributed by atoms with van der Waals surface area (Å²) in [5.74, 6) is 0.576. The molecule has 1 saturated carbocycles. The third kappa shape index (κ3) is 3.16. The van der Waals surface area contributed by atoms with Gasteiger partial charge in [-0.3, -0.25) is 0 Å². The van der Waals surface area contributed by atoms with Crippen molar-refractivity contribution in [2.24, 2.45) is 0 Å². The largest absolute Gasteiger partial charge is 0.307 e. The van der Waals surface area contributed by atoms with Crippen LogP contribution in [0.1, 0.15) is 54.8 Å². The third-order valence-corrected chi connectivity index (χ3v) is 4.44. The summed E-state index contributed by atoms with van der Waals surface area (Å²) in [6.07, 6.45) is 4.00. The molecule has 0 aliphatic heterocycles. The highest BCUT2D eigenvalue weighted by Crippen LogP contribution is 2.36. The van der Waals surface area contributed by atoms with Gasteiger partial charge in [-0.25, -0.2) is 4.39 Å². The summed E-state index contributed by atoms with van der Waals surface area (Å²) in [5.41, 5.74) is 3.62. The maximum Gasteiger partial charge on any atom is 0.123 e. The normalized spacial score (nSPS) is 16.5. The van der Waals surface area contributed by atoms with Crippen LogP contribution in [0.5, 0.6) is 0 Å². The molecular weight excluding hydrogens is 261 g/mol. The fourth-order valence-electron chi connectivity index (χ4n) is 3.02. The van der Waals surface area contributed by atoms with Crippen LogP contribution in [0.25, 0.3) is 0 Å². The van der Waals surface area contributed by atoms with Crippen molar-refractivity contribution < 1.29 is 4.39 Å². The Kier molecular flexibility index (Phi) is 4.35. The molecule has 0 bridgehead atoms. The van der Waals surface area contributed by atoms with Crippen molar-refractivity contribution in [3.63, 3.8) is 0 Å². The van der Waals surface area contributed by atoms with E-state index in [1.54, 1.807) is 12.1 Å². The molecule has 2 aromatic rings. The van der Waals surface area contributed by atoms with Crippen molar-refractivity contribution in [1.82, 2.24) is 5.32 Å². The van der Waals surface area contributed by atoms with Crippen LogP contribution in [0, 0.1) is 5.82 Å². The van der Waals surface area contributed by atoms with Gasteiger partial charge in [0.25, 0.3) is 0 Å². The van der Waals surface area contributed by atoms with E-state index in [1.807, 2.05) is 6.07 Å². The summed E-state index contributed by atoms with van der Waals surface area (Å²) in [4.78, 5) is 0. The molecule has 2 aromatic carbocycles. The van der Waals surface area contributed by atoms with E-state index in [1.165, 1.54) is 36.5 Å². The summed E-state index contributed by atoms with van der Waals surface area (Å²) < 4.78 is 13.5. The number of benzene rings is 2. The lowest BCUT2D eigenvalue weighted by Gasteiger charge is -2.26. The zero-order chi connectivity index (χ0) is 14.7. The Morgan fingerprint density at radius 1 is 1.10 bits per heavy atom. The van der Waals surface area contributed by atoms with Crippen molar-refractivity contribution in [1.29, 1.82) is 0 Å². The Morgan fingerprint density at radius 3 is 2.43 bits per heavy atom. The van der Waals surface area contributed by atoms with Gasteiger partial charge >= 0.3 is 0 Å². The molecule has 0 saturated heterocycles. The highest BCUT2D eigenvalue weighted by Gasteiger charge is 2.20. The fourth-order valence-corrected chi connectivity index (χ4v) is 3.02. The average molecular weight is 283 g/mol. The standard InChI is InChI=1S/C19H22FN/c1-2-21-19(17-7-4-8-18(20)13-17)16-11-9-15(10-12-16)14-5-3-6-14/h4,7-14,19,21H,2-3,5-6H2,1H3. The Hall–Kier alpha value is -1.67. The molecule has 110 valence electrons. The number of halogens is 1. The summed E-state index contributed by atoms with van der Waals surface area (Å²) >= 11 is 0. The van der Waals surface area contributed by atoms with Crippen LogP contribution in [0.2, 0.25) is 0 Å². The number of hydrogen-bond donors (Lipinski definition) is 1. The highest BCUT2D eigenvalue weighted by molar-refractivity contribution is 5.35. The van der Waals surface area contributed by atoms with E-state index in [9.17, 15) is 4.39 Å². The monoisotopic (exact) mass is 283 g/mol. The summed E-state index contributed by atoms with van der Waals surface area (Å²) in [7, 11) is 0. The molecule has 1 aliphatic carbocycles. The van der Waals surface area contributed by atoms with Crippen LogP contribution in [0.3, 0.4) is 0 Å². The maximum absolute atomic E-state index is 13.5. The van der Waals surface area contributed by atoms with Gasteiger partial charge in [-0.2, -0.15) is 0 Å². The van der Waals surface area contributed by atoms with E-state index in [0.29, 0.717) is 0 Å². The summed E-state index contributed by atoms with van der Waals surface area (Å²) in [5, 5.41) is 3.45. The zero-order valence-electron chi connectivity index (χ0n) is 12.5. The van der Waals surface area contributed by atoms with Gasteiger partial charge in [0.15, 0.2) is 0 Å². The Morgan fingerprint density at radius 2 is 1.86 bits per heavy atom. The minimum atomic E-state index is -0.179. The molecule has 1 aliphatic rings. The van der Waals surface area contributed by atoms with E-state index in [4.69, 9.17) is 0 Å². The molecule has 21 heavy (non-hydrogen) atoms. The molecule has 0 heterocycles. The molecule has 1 atom stereocenters. The molecule has 1 unspecified atom stereocenters. The van der Waals surface area contributed by atoms with Crippen molar-refractivity contribution in [3.05, 3.63) is 71.0 Å². The number of nitrogens with one attached hydrogen (secondary N) is 1. The minimum absolute atomic E-state index is 0.0566. The molecule has 0 amide bonds. The average Bonchev–Trinajstić information content (AvgIpc) is 2.44. The molecule has 1 nitrogen and oxygen atoms in total. The molecule has 0 spiro atoms. The predicted molar refractivity (Wildman–Crippen MR) is 85.0 cm³/mol. The Balaban J connectivity index is 1.86. The lowest BCUT2D eigenvalue weighted by molar-refractivity contribution is 0.419. The van der Waals surface area contributed by atoms with Gasteiger partial charge in [0.05, 0.1) is 6.04 Å². The second-order valence-corrected chi connectivity index (χ2v) is 5.84. The van der Waals surface area contributed by atoms with Crippen LogP contribution in [0.4, 0.5) is 4.39 Å². The van der Waals surface area contributed by atoms with E-state index in [2.05, 4.69) is 36.5 Å². The Bertz CT molecular complexity index is 587. The SMILES string of the molecule is CCNC(c1ccc(C2CCC2)cc1)c1cccc(F)c1. The third-order valence-electron chi connectivity index (χ3n) is 4.44. The van der Waals surface area contributed by atoms with Gasteiger partial charge in [-0.15, -0.1) is 0 Å². The van der Waals surface area contributed by atoms with E-state index < -0.39 is 0 Å². The fraction of sp³-hybridized carbons (Fsp3) is 0.368. The van der Waals surface area contributed by atoms with Gasteiger partial charge < -0.3 is 5.32 Å². The molecule has 1 N–H and O–H groups in total. The molecule has 0 radical (unpaired) electrons. The first kappa shape index (κ1) is 14.3. The van der Waals surface area contributed by atoms with Crippen molar-refractivity contribution in [2.75, 3.05) is 6.54 Å². The van der Waals surface area contributed by atoms with Crippen LogP contribution in [-0.4, -0.2) is 6.54 Å². The number of rotatable bonds is 5. The minimum Gasteiger partial charge on any atom is -0.307 e. The maximum atomic E-state index is 13.5. The van der Waals surface area contributed by atoms with E-state index in [0.717, 1.165) is 18.0 Å². The summed E-state index contributed by atoms with van der Waals surface area (Å²) in [6.45, 7) is 2.93. The second-order valence-electron chi connectivity index (χ2n) is 5.84. The van der Waals surface area contributed by atoms with Crippen molar-refractivity contribution >= 4 is 0 Å². The van der Waals surface area contributed by atoms with Crippen LogP contribution in [-0.2, 0) is 0 Å². The van der Waals surface area contributed by atoms with Crippen molar-refractivity contribution in [3.8, 4) is 0 Å². The predicted octanol–water partition coefficient (Wildman–Crippen LogP) is 4.79. The highest BCUT2D eigenvalue weighted by atomic mass is 19.1. The van der Waals surface area contributed by atoms with E-state index in [-0.39, 0.29) is 11.9 Å². The van der Waals surface area contributed by atoms with Gasteiger partial charge in [0, 0.05) is 0 Å². The molecular formula is C19H22FN. The quantitative estimate of drug-likeness (QED) is 0.831. The topological polar surface area (TPSA) is 12.0 Å². The van der Waals surface area contributed by atoms with E-state index >= 15 is 0 Å². The Labute approximate surface area is 126 Å². The molecule has 0 aromatic heterocycles. The lowest BCUT2D eigenvalue weighted by Crippen LogP contribution is -2.22. The summed E-state index contributed by atoms with van der Waals surface area (Å²) in [6, 6.07) is 15.8. The van der Waals surface area contributed by atoms with Crippen LogP contribution in [0.15, 0.2) is 48.5 Å². The first-order valence-electron chi connectivity index (χ1n) is 7.86. The van der Waals surface area contributed by atoms with Crippen LogP contribution >= 0.6 is 0 Å². The first-order chi connectivity index (χ1) is 10.3. The first-order valence-corrected chi connectivity index (χ1v) is 7.86. The smallest absolute Gasteiger partial charge is 0.123 e. The van der Waals surface area contributed by atoms with Gasteiger partial charge in [0.2, 0.25) is 0 Å². The second kappa shape index (κ2) is 6.40. The van der Waals surface area contributed by atoms with Crippen molar-refractivity contribution in [2.45, 2.75) is 38.1 Å². The molecule has 1 fully saturated rings. The lowest BCUT2D eigenvalue weighted by atomic mass is 9.79.